The zero-order valence-corrected chi connectivity index (χ0v) is 22.7. The lowest BCUT2D eigenvalue weighted by atomic mass is 9.81. The number of halogens is 6. The lowest BCUT2D eigenvalue weighted by Gasteiger charge is -2.41. The number of pyridine rings is 1. The smallest absolute Gasteiger partial charge is 0.416 e. The number of alkyl halides is 6. The summed E-state index contributed by atoms with van der Waals surface area (Å²) in [5, 5.41) is 10.0. The number of carboxylic acids is 1. The first-order valence-electron chi connectivity index (χ1n) is 13.5. The maximum Gasteiger partial charge on any atom is 0.416 e. The second-order valence-electron chi connectivity index (χ2n) is 11.1. The first-order valence-corrected chi connectivity index (χ1v) is 13.5. The molecule has 1 fully saturated rings. The molecular formula is C31H32F6N2O2. The minimum Gasteiger partial charge on any atom is -0.481 e. The van der Waals surface area contributed by atoms with E-state index in [1.807, 2.05) is 13.8 Å². The van der Waals surface area contributed by atoms with Crippen molar-refractivity contribution < 1.29 is 36.2 Å². The lowest BCUT2D eigenvalue weighted by Crippen LogP contribution is -2.50. The summed E-state index contributed by atoms with van der Waals surface area (Å²) >= 11 is 0. The molecule has 0 saturated carbocycles. The van der Waals surface area contributed by atoms with E-state index in [1.165, 1.54) is 29.4 Å². The van der Waals surface area contributed by atoms with Gasteiger partial charge in [-0.1, -0.05) is 44.2 Å². The van der Waals surface area contributed by atoms with Crippen molar-refractivity contribution in [3.8, 4) is 11.1 Å². The fraction of sp³-hybridized carbons (Fsp3) is 0.419. The van der Waals surface area contributed by atoms with Gasteiger partial charge in [-0.2, -0.15) is 26.3 Å². The number of carbonyl (C=O) groups is 1. The molecule has 10 heteroatoms. The molecule has 1 aliphatic rings. The molecule has 2 heterocycles. The van der Waals surface area contributed by atoms with Gasteiger partial charge in [-0.25, -0.2) is 0 Å². The van der Waals surface area contributed by atoms with Gasteiger partial charge < -0.3 is 5.11 Å². The van der Waals surface area contributed by atoms with Crippen LogP contribution in [0.4, 0.5) is 26.3 Å². The van der Waals surface area contributed by atoms with E-state index in [1.54, 1.807) is 30.3 Å². The van der Waals surface area contributed by atoms with Crippen molar-refractivity contribution in [1.29, 1.82) is 0 Å². The molecular weight excluding hydrogens is 546 g/mol. The third-order valence-electron chi connectivity index (χ3n) is 7.60. The molecule has 1 aliphatic heterocycles. The van der Waals surface area contributed by atoms with Crippen LogP contribution < -0.4 is 0 Å². The van der Waals surface area contributed by atoms with Gasteiger partial charge in [0.2, 0.25) is 0 Å². The summed E-state index contributed by atoms with van der Waals surface area (Å²) in [5.41, 5.74) is 2.03. The zero-order chi connectivity index (χ0) is 29.9. The van der Waals surface area contributed by atoms with Crippen molar-refractivity contribution in [2.24, 2.45) is 5.92 Å². The number of aromatic nitrogens is 1. The van der Waals surface area contributed by atoms with Crippen LogP contribution in [0.5, 0.6) is 0 Å². The number of carboxylic acid groups (broad SMARTS) is 1. The highest BCUT2D eigenvalue weighted by molar-refractivity contribution is 5.78. The van der Waals surface area contributed by atoms with Gasteiger partial charge in [0.1, 0.15) is 6.04 Å². The maximum atomic E-state index is 14.0. The van der Waals surface area contributed by atoms with Crippen LogP contribution in [0.25, 0.3) is 11.1 Å². The Bertz CT molecular complexity index is 1320. The standard InChI is InChI=1S/C31H32F6N2O2/c1-19(2)13-27(29(40)41)25-15-23(21-3-6-26(7-4-21)30(32,33)34)14-24(16-25)22-5-8-28(31(35,36)37)39(18-22)17-20-9-11-38-12-10-20/h3-4,6-7,9-12,14-16,19,22,27-28H,5,8,13,17-18H2,1-2H3,(H,40,41). The van der Waals surface area contributed by atoms with Gasteiger partial charge in [0.25, 0.3) is 0 Å². The number of nitrogens with zero attached hydrogens (tertiary/aromatic N) is 2. The van der Waals surface area contributed by atoms with E-state index in [0.717, 1.165) is 12.1 Å². The molecule has 0 bridgehead atoms. The largest absolute Gasteiger partial charge is 0.481 e. The highest BCUT2D eigenvalue weighted by Gasteiger charge is 2.46. The molecule has 0 amide bonds. The Kier molecular flexibility index (Phi) is 9.11. The normalized spacial score (nSPS) is 19.3. The molecule has 3 unspecified atom stereocenters. The van der Waals surface area contributed by atoms with E-state index in [9.17, 15) is 36.2 Å². The van der Waals surface area contributed by atoms with Crippen molar-refractivity contribution in [2.75, 3.05) is 6.54 Å². The molecule has 41 heavy (non-hydrogen) atoms. The van der Waals surface area contributed by atoms with Crippen molar-refractivity contribution in [3.63, 3.8) is 0 Å². The fourth-order valence-corrected chi connectivity index (χ4v) is 5.57. The van der Waals surface area contributed by atoms with E-state index in [-0.39, 0.29) is 37.8 Å². The predicted octanol–water partition coefficient (Wildman–Crippen LogP) is 8.29. The highest BCUT2D eigenvalue weighted by Crippen LogP contribution is 2.41. The molecule has 4 rings (SSSR count). The Labute approximate surface area is 235 Å². The van der Waals surface area contributed by atoms with Crippen molar-refractivity contribution in [1.82, 2.24) is 9.88 Å². The van der Waals surface area contributed by atoms with Crippen LogP contribution in [0, 0.1) is 5.92 Å². The van der Waals surface area contributed by atoms with Crippen LogP contribution in [0.3, 0.4) is 0 Å². The Hall–Kier alpha value is -3.40. The van der Waals surface area contributed by atoms with Crippen LogP contribution >= 0.6 is 0 Å². The molecule has 0 radical (unpaired) electrons. The van der Waals surface area contributed by atoms with Gasteiger partial charge in [0.15, 0.2) is 0 Å². The van der Waals surface area contributed by atoms with Crippen LogP contribution in [0.15, 0.2) is 67.0 Å². The number of piperidine rings is 1. The average molecular weight is 579 g/mol. The number of aliphatic carboxylic acids is 1. The quantitative estimate of drug-likeness (QED) is 0.273. The molecule has 0 aliphatic carbocycles. The van der Waals surface area contributed by atoms with E-state index in [4.69, 9.17) is 0 Å². The van der Waals surface area contributed by atoms with Crippen LogP contribution in [-0.4, -0.2) is 39.7 Å². The molecule has 3 aromatic rings. The fourth-order valence-electron chi connectivity index (χ4n) is 5.57. The number of likely N-dealkylation sites (tertiary alicyclic amines) is 1. The molecule has 0 spiro atoms. The van der Waals surface area contributed by atoms with E-state index >= 15 is 0 Å². The molecule has 3 atom stereocenters. The molecule has 1 N–H and O–H groups in total. The first-order chi connectivity index (χ1) is 19.2. The Morgan fingerprint density at radius 1 is 0.951 bits per heavy atom. The zero-order valence-electron chi connectivity index (χ0n) is 22.7. The molecule has 220 valence electrons. The van der Waals surface area contributed by atoms with Crippen LogP contribution in [0.1, 0.15) is 67.2 Å². The molecule has 1 saturated heterocycles. The third kappa shape index (κ3) is 7.67. The monoisotopic (exact) mass is 578 g/mol. The first kappa shape index (κ1) is 30.6. The minimum atomic E-state index is -4.51. The van der Waals surface area contributed by atoms with Crippen molar-refractivity contribution in [2.45, 2.75) is 69.9 Å². The Morgan fingerprint density at radius 3 is 2.17 bits per heavy atom. The van der Waals surface area contributed by atoms with Crippen LogP contribution in [0.2, 0.25) is 0 Å². The molecule has 1 aromatic heterocycles. The predicted molar refractivity (Wildman–Crippen MR) is 143 cm³/mol. The number of hydrogen-bond donors (Lipinski definition) is 1. The Balaban J connectivity index is 1.75. The average Bonchev–Trinajstić information content (AvgIpc) is 2.91. The number of rotatable bonds is 8. The molecule has 2 aromatic carbocycles. The summed E-state index contributed by atoms with van der Waals surface area (Å²) in [7, 11) is 0. The van der Waals surface area contributed by atoms with Gasteiger partial charge in [0.05, 0.1) is 11.5 Å². The van der Waals surface area contributed by atoms with Crippen molar-refractivity contribution >= 4 is 5.97 Å². The topological polar surface area (TPSA) is 53.4 Å². The van der Waals surface area contributed by atoms with E-state index < -0.39 is 35.8 Å². The van der Waals surface area contributed by atoms with Gasteiger partial charge in [0, 0.05) is 25.5 Å². The van der Waals surface area contributed by atoms with Gasteiger partial charge in [-0.15, -0.1) is 0 Å². The summed E-state index contributed by atoms with van der Waals surface area (Å²) < 4.78 is 81.5. The van der Waals surface area contributed by atoms with Gasteiger partial charge in [-0.05, 0) is 83.2 Å². The maximum absolute atomic E-state index is 14.0. The van der Waals surface area contributed by atoms with E-state index in [2.05, 4.69) is 4.98 Å². The third-order valence-corrected chi connectivity index (χ3v) is 7.60. The minimum absolute atomic E-state index is 0.0485. The SMILES string of the molecule is CC(C)CC(C(=O)O)c1cc(-c2ccc(C(F)(F)F)cc2)cc(C2CCC(C(F)(F)F)N(Cc3ccncc3)C2)c1. The van der Waals surface area contributed by atoms with E-state index in [0.29, 0.717) is 34.2 Å². The lowest BCUT2D eigenvalue weighted by molar-refractivity contribution is -0.194. The summed E-state index contributed by atoms with van der Waals surface area (Å²) in [6.07, 6.45) is -5.44. The Morgan fingerprint density at radius 2 is 1.61 bits per heavy atom. The van der Waals surface area contributed by atoms with Gasteiger partial charge in [-0.3, -0.25) is 14.7 Å². The highest BCUT2D eigenvalue weighted by atomic mass is 19.4. The summed E-state index contributed by atoms with van der Waals surface area (Å²) in [6.45, 7) is 3.95. The van der Waals surface area contributed by atoms with Gasteiger partial charge >= 0.3 is 18.3 Å². The number of benzene rings is 2. The summed E-state index contributed by atoms with van der Waals surface area (Å²) in [4.78, 5) is 17.6. The molecule has 4 nitrogen and oxygen atoms in total. The second-order valence-corrected chi connectivity index (χ2v) is 11.1. The second kappa shape index (κ2) is 12.2. The van der Waals surface area contributed by atoms with Crippen molar-refractivity contribution in [3.05, 3.63) is 89.2 Å². The summed E-state index contributed by atoms with van der Waals surface area (Å²) in [5.74, 6) is -2.19. The van der Waals surface area contributed by atoms with Crippen LogP contribution in [-0.2, 0) is 17.5 Å². The number of hydrogen-bond acceptors (Lipinski definition) is 3. The summed E-state index contributed by atoms with van der Waals surface area (Å²) in [6, 6.07) is 11.5.